The highest BCUT2D eigenvalue weighted by molar-refractivity contribution is 7.90. The smallest absolute Gasteiger partial charge is 0.296 e. The number of anilines is 1. The summed E-state index contributed by atoms with van der Waals surface area (Å²) in [6.45, 7) is 4.46. The first kappa shape index (κ1) is 24.0. The van der Waals surface area contributed by atoms with Gasteiger partial charge in [0.2, 0.25) is 0 Å². The van der Waals surface area contributed by atoms with Gasteiger partial charge in [0.05, 0.1) is 18.9 Å². The zero-order valence-electron chi connectivity index (χ0n) is 19.0. The van der Waals surface area contributed by atoms with Crippen LogP contribution in [0.5, 0.6) is 0 Å². The molecule has 0 unspecified atom stereocenters. The molecule has 7 nitrogen and oxygen atoms in total. The van der Waals surface area contributed by atoms with E-state index < -0.39 is 10.2 Å². The molecule has 0 amide bonds. The van der Waals surface area contributed by atoms with Crippen LogP contribution in [0.25, 0.3) is 22.0 Å². The lowest BCUT2D eigenvalue weighted by Crippen LogP contribution is -2.37. The lowest BCUT2D eigenvalue weighted by molar-refractivity contribution is 0.0385. The van der Waals surface area contributed by atoms with Gasteiger partial charge in [0, 0.05) is 36.7 Å². The molecule has 1 fully saturated rings. The zero-order chi connectivity index (χ0) is 23.8. The number of nitrogens with zero attached hydrogens (tertiary/aromatic N) is 1. The number of hydrogen-bond acceptors (Lipinski definition) is 4. The summed E-state index contributed by atoms with van der Waals surface area (Å²) in [6, 6.07) is 26.1. The third kappa shape index (κ3) is 6.91. The second kappa shape index (κ2) is 11.3. The Morgan fingerprint density at radius 3 is 2.12 bits per heavy atom. The van der Waals surface area contributed by atoms with E-state index in [1.54, 1.807) is 6.07 Å². The number of H-pyrrole nitrogens is 1. The fourth-order valence-corrected chi connectivity index (χ4v) is 4.43. The Kier molecular flexibility index (Phi) is 7.97. The molecule has 3 aromatic carbocycles. The molecule has 1 aliphatic heterocycles. The average molecular weight is 479 g/mol. The highest BCUT2D eigenvalue weighted by Gasteiger charge is 2.12. The minimum absolute atomic E-state index is 0.474. The molecule has 1 saturated heterocycles. The minimum Gasteiger partial charge on any atom is -0.379 e. The van der Waals surface area contributed by atoms with Gasteiger partial charge in [-0.15, -0.1) is 0 Å². The van der Waals surface area contributed by atoms with Crippen LogP contribution < -0.4 is 9.86 Å². The average Bonchev–Trinajstić information content (AvgIpc) is 3.26. The molecule has 8 heteroatoms. The minimum atomic E-state index is -3.75. The molecule has 0 radical (unpaired) electrons. The van der Waals surface area contributed by atoms with Gasteiger partial charge in [-0.05, 0) is 41.3 Å². The number of nitrogens with two attached hydrogens (primary N) is 1. The maximum atomic E-state index is 11.1. The largest absolute Gasteiger partial charge is 0.379 e. The fourth-order valence-electron chi connectivity index (χ4n) is 3.98. The van der Waals surface area contributed by atoms with E-state index in [9.17, 15) is 8.42 Å². The summed E-state index contributed by atoms with van der Waals surface area (Å²) in [5.41, 5.74) is 5.18. The van der Waals surface area contributed by atoms with Crippen molar-refractivity contribution in [2.24, 2.45) is 5.14 Å². The Morgan fingerprint density at radius 1 is 0.912 bits per heavy atom. The van der Waals surface area contributed by atoms with Crippen molar-refractivity contribution < 1.29 is 13.2 Å². The molecule has 0 saturated carbocycles. The van der Waals surface area contributed by atoms with Crippen molar-refractivity contribution >= 4 is 26.8 Å². The van der Waals surface area contributed by atoms with Crippen molar-refractivity contribution in [1.82, 2.24) is 9.88 Å². The highest BCUT2D eigenvalue weighted by atomic mass is 32.2. The molecule has 0 spiro atoms. The Balaban J connectivity index is 0.000000192. The molecule has 2 heterocycles. The van der Waals surface area contributed by atoms with E-state index >= 15 is 0 Å². The van der Waals surface area contributed by atoms with Crippen molar-refractivity contribution in [3.8, 4) is 11.1 Å². The Hall–Kier alpha value is -3.17. The molecule has 5 rings (SSSR count). The van der Waals surface area contributed by atoms with E-state index in [0.717, 1.165) is 50.2 Å². The maximum Gasteiger partial charge on any atom is 0.296 e. The van der Waals surface area contributed by atoms with E-state index in [-0.39, 0.29) is 0 Å². The van der Waals surface area contributed by atoms with Crippen molar-refractivity contribution in [3.63, 3.8) is 0 Å². The van der Waals surface area contributed by atoms with Crippen LogP contribution in [-0.2, 0) is 21.4 Å². The topological polar surface area (TPSA) is 100 Å². The van der Waals surface area contributed by atoms with Crippen LogP contribution in [0.2, 0.25) is 0 Å². The molecule has 4 N–H and O–H groups in total. The molecular weight excluding hydrogens is 448 g/mol. The SMILES string of the molecule is NS(=O)(=O)Nc1ccc2[nH]cc(CCN3CCOCC3)c2c1.c1ccc(-c2ccccc2)cc1. The summed E-state index contributed by atoms with van der Waals surface area (Å²) in [5, 5.41) is 6.03. The fraction of sp³-hybridized carbons (Fsp3) is 0.231. The molecule has 0 atom stereocenters. The van der Waals surface area contributed by atoms with Crippen LogP contribution in [0.1, 0.15) is 5.56 Å². The Morgan fingerprint density at radius 2 is 1.53 bits per heavy atom. The zero-order valence-corrected chi connectivity index (χ0v) is 19.8. The molecule has 0 aliphatic carbocycles. The van der Waals surface area contributed by atoms with Gasteiger partial charge < -0.3 is 9.72 Å². The number of ether oxygens (including phenoxy) is 1. The van der Waals surface area contributed by atoms with Gasteiger partial charge in [-0.1, -0.05) is 60.7 Å². The molecule has 4 aromatic rings. The van der Waals surface area contributed by atoms with E-state index in [0.29, 0.717) is 5.69 Å². The van der Waals surface area contributed by atoms with Gasteiger partial charge in [-0.3, -0.25) is 9.62 Å². The quantitative estimate of drug-likeness (QED) is 0.390. The van der Waals surface area contributed by atoms with Gasteiger partial charge in [-0.25, -0.2) is 5.14 Å². The number of nitrogens with one attached hydrogen (secondary N) is 2. The number of benzene rings is 3. The third-order valence-corrected chi connectivity index (χ3v) is 6.23. The van der Waals surface area contributed by atoms with Crippen LogP contribution in [0.15, 0.2) is 85.1 Å². The van der Waals surface area contributed by atoms with Crippen molar-refractivity contribution in [2.45, 2.75) is 6.42 Å². The number of hydrogen-bond donors (Lipinski definition) is 3. The Bertz CT molecular complexity index is 1250. The van der Waals surface area contributed by atoms with E-state index in [2.05, 4.69) is 63.1 Å². The molecule has 1 aromatic heterocycles. The van der Waals surface area contributed by atoms with Gasteiger partial charge in [0.15, 0.2) is 0 Å². The van der Waals surface area contributed by atoms with Gasteiger partial charge in [0.1, 0.15) is 0 Å². The van der Waals surface area contributed by atoms with E-state index in [1.807, 2.05) is 30.5 Å². The van der Waals surface area contributed by atoms with Crippen molar-refractivity contribution in [2.75, 3.05) is 37.6 Å². The second-order valence-corrected chi connectivity index (χ2v) is 9.45. The summed E-state index contributed by atoms with van der Waals surface area (Å²) in [6.07, 6.45) is 2.88. The van der Waals surface area contributed by atoms with Crippen LogP contribution in [0, 0.1) is 0 Å². The molecule has 0 bridgehead atoms. The lowest BCUT2D eigenvalue weighted by atomic mass is 10.1. The van der Waals surface area contributed by atoms with Gasteiger partial charge in [0.25, 0.3) is 10.2 Å². The normalized spacial score (nSPS) is 14.4. The van der Waals surface area contributed by atoms with Crippen LogP contribution in [0.4, 0.5) is 5.69 Å². The predicted octanol–water partition coefficient (Wildman–Crippen LogP) is 4.01. The third-order valence-electron chi connectivity index (χ3n) is 5.71. The molecule has 1 aliphatic rings. The van der Waals surface area contributed by atoms with Crippen LogP contribution >= 0.6 is 0 Å². The number of morpholine rings is 1. The van der Waals surface area contributed by atoms with E-state index in [4.69, 9.17) is 9.88 Å². The molecule has 34 heavy (non-hydrogen) atoms. The summed E-state index contributed by atoms with van der Waals surface area (Å²) < 4.78 is 29.9. The van der Waals surface area contributed by atoms with Crippen LogP contribution in [-0.4, -0.2) is 51.1 Å². The number of aromatic amines is 1. The summed E-state index contributed by atoms with van der Waals surface area (Å²) in [7, 11) is -3.75. The summed E-state index contributed by atoms with van der Waals surface area (Å²) in [5.74, 6) is 0. The molecular formula is C26H30N4O3S. The Labute approximate surface area is 200 Å². The standard InChI is InChI=1S/C14H20N4O3S.C12H10/c15-22(19,20)17-12-1-2-14-13(9-12)11(10-16-14)3-4-18-5-7-21-8-6-18;1-3-7-11(8-4-1)12-9-5-2-6-10-12/h1-2,9-10,16-17H,3-8H2,(H2,15,19,20);1-10H. The highest BCUT2D eigenvalue weighted by Crippen LogP contribution is 2.23. The number of aromatic nitrogens is 1. The van der Waals surface area contributed by atoms with Crippen LogP contribution in [0.3, 0.4) is 0 Å². The van der Waals surface area contributed by atoms with E-state index in [1.165, 1.54) is 16.7 Å². The monoisotopic (exact) mass is 478 g/mol. The van der Waals surface area contributed by atoms with Gasteiger partial charge >= 0.3 is 0 Å². The summed E-state index contributed by atoms with van der Waals surface area (Å²) >= 11 is 0. The number of fused-ring (bicyclic) bond motifs is 1. The first-order valence-electron chi connectivity index (χ1n) is 11.3. The first-order chi connectivity index (χ1) is 16.5. The summed E-state index contributed by atoms with van der Waals surface area (Å²) in [4.78, 5) is 5.58. The van der Waals surface area contributed by atoms with Crippen molar-refractivity contribution in [3.05, 3.63) is 90.6 Å². The van der Waals surface area contributed by atoms with Gasteiger partial charge in [-0.2, -0.15) is 8.42 Å². The number of rotatable bonds is 6. The lowest BCUT2D eigenvalue weighted by Gasteiger charge is -2.26. The molecule has 178 valence electrons. The van der Waals surface area contributed by atoms with Crippen molar-refractivity contribution in [1.29, 1.82) is 0 Å². The first-order valence-corrected chi connectivity index (χ1v) is 12.8. The maximum absolute atomic E-state index is 11.1. The second-order valence-electron chi connectivity index (χ2n) is 8.16. The predicted molar refractivity (Wildman–Crippen MR) is 138 cm³/mol.